The highest BCUT2D eigenvalue weighted by atomic mass is 16.5. The van der Waals surface area contributed by atoms with Crippen molar-refractivity contribution in [1.29, 1.82) is 0 Å². The van der Waals surface area contributed by atoms with Crippen LogP contribution in [0.25, 0.3) is 0 Å². The third-order valence-corrected chi connectivity index (χ3v) is 2.34. The predicted molar refractivity (Wildman–Crippen MR) is 66.3 cm³/mol. The molecule has 3 nitrogen and oxygen atoms in total. The lowest BCUT2D eigenvalue weighted by atomic mass is 10.2. The normalized spacial score (nSPS) is 11.0. The molecule has 0 aliphatic carbocycles. The van der Waals surface area contributed by atoms with Crippen LogP contribution >= 0.6 is 0 Å². The van der Waals surface area contributed by atoms with E-state index < -0.39 is 0 Å². The van der Waals surface area contributed by atoms with Gasteiger partial charge in [-0.25, -0.2) is 0 Å². The quantitative estimate of drug-likeness (QED) is 0.718. The van der Waals surface area contributed by atoms with Crippen LogP contribution in [0.1, 0.15) is 25.0 Å². The summed E-state index contributed by atoms with van der Waals surface area (Å²) in [5.74, 6) is 0.612. The van der Waals surface area contributed by atoms with E-state index in [1.165, 1.54) is 11.1 Å². The van der Waals surface area contributed by atoms with E-state index in [0.717, 1.165) is 26.3 Å². The zero-order valence-corrected chi connectivity index (χ0v) is 10.5. The van der Waals surface area contributed by atoms with Gasteiger partial charge in [-0.05, 0) is 30.0 Å². The summed E-state index contributed by atoms with van der Waals surface area (Å²) < 4.78 is 5.49. The first-order valence-corrected chi connectivity index (χ1v) is 5.88. The Morgan fingerprint density at radius 2 is 2.25 bits per heavy atom. The lowest BCUT2D eigenvalue weighted by Crippen LogP contribution is -2.20. The fourth-order valence-corrected chi connectivity index (χ4v) is 1.37. The maximum Gasteiger partial charge on any atom is 0.0591 e. The minimum Gasteiger partial charge on any atom is -0.380 e. The Bertz CT molecular complexity index is 300. The summed E-state index contributed by atoms with van der Waals surface area (Å²) in [5.41, 5.74) is 2.54. The molecule has 0 saturated carbocycles. The molecule has 1 heterocycles. The molecule has 0 saturated heterocycles. The smallest absolute Gasteiger partial charge is 0.0591 e. The first-order chi connectivity index (χ1) is 7.70. The van der Waals surface area contributed by atoms with Crippen LogP contribution in [0.15, 0.2) is 18.5 Å². The fraction of sp³-hybridized carbons (Fsp3) is 0.615. The highest BCUT2D eigenvalue weighted by molar-refractivity contribution is 5.20. The van der Waals surface area contributed by atoms with Gasteiger partial charge in [0.05, 0.1) is 6.61 Å². The summed E-state index contributed by atoms with van der Waals surface area (Å²) in [5, 5.41) is 3.35. The van der Waals surface area contributed by atoms with Crippen LogP contribution in [0.2, 0.25) is 0 Å². The van der Waals surface area contributed by atoms with Crippen LogP contribution in [-0.4, -0.2) is 24.7 Å². The Kier molecular flexibility index (Phi) is 6.04. The number of ether oxygens (including phenoxy) is 1. The zero-order valence-electron chi connectivity index (χ0n) is 10.5. The lowest BCUT2D eigenvalue weighted by Gasteiger charge is -2.09. The van der Waals surface area contributed by atoms with Gasteiger partial charge >= 0.3 is 0 Å². The molecule has 0 atom stereocenters. The topological polar surface area (TPSA) is 34.2 Å². The van der Waals surface area contributed by atoms with Crippen LogP contribution < -0.4 is 5.32 Å². The van der Waals surface area contributed by atoms with Crippen LogP contribution in [0.3, 0.4) is 0 Å². The molecule has 0 bridgehead atoms. The van der Waals surface area contributed by atoms with Crippen LogP contribution in [0.4, 0.5) is 0 Å². The molecule has 16 heavy (non-hydrogen) atoms. The van der Waals surface area contributed by atoms with Crippen LogP contribution in [-0.2, 0) is 11.3 Å². The van der Waals surface area contributed by atoms with E-state index in [9.17, 15) is 0 Å². The standard InChI is InChI=1S/C13H22N2O/c1-11(2)10-16-7-6-15-9-13-8-14-5-4-12(13)3/h4-5,8,11,15H,6-7,9-10H2,1-3H3. The molecule has 1 aromatic rings. The van der Waals surface area contributed by atoms with Gasteiger partial charge in [-0.3, -0.25) is 4.98 Å². The number of nitrogens with one attached hydrogen (secondary N) is 1. The second kappa shape index (κ2) is 7.36. The summed E-state index contributed by atoms with van der Waals surface area (Å²) in [7, 11) is 0. The van der Waals surface area contributed by atoms with Gasteiger partial charge in [0, 0.05) is 32.1 Å². The molecular weight excluding hydrogens is 200 g/mol. The Balaban J connectivity index is 2.10. The summed E-state index contributed by atoms with van der Waals surface area (Å²) in [6.45, 7) is 9.80. The van der Waals surface area contributed by atoms with Crippen molar-refractivity contribution >= 4 is 0 Å². The Labute approximate surface area is 98.2 Å². The van der Waals surface area contributed by atoms with Crippen molar-refractivity contribution in [3.8, 4) is 0 Å². The van der Waals surface area contributed by atoms with Gasteiger partial charge in [0.25, 0.3) is 0 Å². The highest BCUT2D eigenvalue weighted by Crippen LogP contribution is 2.03. The molecular formula is C13H22N2O. The predicted octanol–water partition coefficient (Wildman–Crippen LogP) is 2.15. The maximum atomic E-state index is 5.49. The number of hydrogen-bond donors (Lipinski definition) is 1. The number of rotatable bonds is 7. The summed E-state index contributed by atoms with van der Waals surface area (Å²) >= 11 is 0. The van der Waals surface area contributed by atoms with E-state index in [1.54, 1.807) is 0 Å². The number of aryl methyl sites for hydroxylation is 1. The summed E-state index contributed by atoms with van der Waals surface area (Å²) in [6.07, 6.45) is 3.74. The number of nitrogens with zero attached hydrogens (tertiary/aromatic N) is 1. The molecule has 0 radical (unpaired) electrons. The highest BCUT2D eigenvalue weighted by Gasteiger charge is 1.97. The third-order valence-electron chi connectivity index (χ3n) is 2.34. The monoisotopic (exact) mass is 222 g/mol. The van der Waals surface area contributed by atoms with Crippen molar-refractivity contribution < 1.29 is 4.74 Å². The van der Waals surface area contributed by atoms with Crippen LogP contribution in [0, 0.1) is 12.8 Å². The van der Waals surface area contributed by atoms with Gasteiger partial charge in [-0.2, -0.15) is 0 Å². The Morgan fingerprint density at radius 3 is 2.94 bits per heavy atom. The maximum absolute atomic E-state index is 5.49. The third kappa shape index (κ3) is 5.24. The molecule has 0 unspecified atom stereocenters. The largest absolute Gasteiger partial charge is 0.380 e. The van der Waals surface area contributed by atoms with Gasteiger partial charge in [0.2, 0.25) is 0 Å². The van der Waals surface area contributed by atoms with E-state index in [2.05, 4.69) is 31.1 Å². The average molecular weight is 222 g/mol. The molecule has 90 valence electrons. The zero-order chi connectivity index (χ0) is 11.8. The van der Waals surface area contributed by atoms with E-state index in [4.69, 9.17) is 4.74 Å². The first-order valence-electron chi connectivity index (χ1n) is 5.88. The van der Waals surface area contributed by atoms with E-state index in [0.29, 0.717) is 5.92 Å². The van der Waals surface area contributed by atoms with Crippen molar-refractivity contribution in [2.75, 3.05) is 19.8 Å². The van der Waals surface area contributed by atoms with Gasteiger partial charge in [0.15, 0.2) is 0 Å². The molecule has 0 spiro atoms. The van der Waals surface area contributed by atoms with Crippen molar-refractivity contribution in [2.45, 2.75) is 27.3 Å². The molecule has 3 heteroatoms. The van der Waals surface area contributed by atoms with Gasteiger partial charge in [-0.15, -0.1) is 0 Å². The van der Waals surface area contributed by atoms with Gasteiger partial charge < -0.3 is 10.1 Å². The molecule has 1 aromatic heterocycles. The second-order valence-corrected chi connectivity index (χ2v) is 4.45. The van der Waals surface area contributed by atoms with Crippen molar-refractivity contribution in [3.05, 3.63) is 29.6 Å². The summed E-state index contributed by atoms with van der Waals surface area (Å²) in [4.78, 5) is 4.11. The van der Waals surface area contributed by atoms with Crippen molar-refractivity contribution in [2.24, 2.45) is 5.92 Å². The lowest BCUT2D eigenvalue weighted by molar-refractivity contribution is 0.111. The number of aromatic nitrogens is 1. The van der Waals surface area contributed by atoms with E-state index in [-0.39, 0.29) is 0 Å². The summed E-state index contributed by atoms with van der Waals surface area (Å²) in [6, 6.07) is 2.03. The number of hydrogen-bond acceptors (Lipinski definition) is 3. The molecule has 0 fully saturated rings. The van der Waals surface area contributed by atoms with E-state index >= 15 is 0 Å². The second-order valence-electron chi connectivity index (χ2n) is 4.45. The van der Waals surface area contributed by atoms with Crippen molar-refractivity contribution in [3.63, 3.8) is 0 Å². The minimum absolute atomic E-state index is 0.612. The average Bonchev–Trinajstić information content (AvgIpc) is 2.25. The molecule has 0 aliphatic rings. The first kappa shape index (κ1) is 13.1. The fourth-order valence-electron chi connectivity index (χ4n) is 1.37. The molecule has 1 rings (SSSR count). The minimum atomic E-state index is 0.612. The van der Waals surface area contributed by atoms with Gasteiger partial charge in [-0.1, -0.05) is 13.8 Å². The van der Waals surface area contributed by atoms with Crippen molar-refractivity contribution in [1.82, 2.24) is 10.3 Å². The molecule has 1 N–H and O–H groups in total. The number of pyridine rings is 1. The van der Waals surface area contributed by atoms with E-state index in [1.807, 2.05) is 18.5 Å². The SMILES string of the molecule is Cc1ccncc1CNCCOCC(C)C. The Hall–Kier alpha value is -0.930. The van der Waals surface area contributed by atoms with Crippen LogP contribution in [0.5, 0.6) is 0 Å². The molecule has 0 aliphatic heterocycles. The molecule has 0 aromatic carbocycles. The van der Waals surface area contributed by atoms with Gasteiger partial charge in [0.1, 0.15) is 0 Å². The molecule has 0 amide bonds. The Morgan fingerprint density at radius 1 is 1.44 bits per heavy atom.